The van der Waals surface area contributed by atoms with Crippen molar-refractivity contribution in [2.75, 3.05) is 13.1 Å². The van der Waals surface area contributed by atoms with E-state index in [1.807, 2.05) is 6.07 Å². The zero-order chi connectivity index (χ0) is 22.4. The van der Waals surface area contributed by atoms with Gasteiger partial charge < -0.3 is 4.98 Å². The molecule has 3 nitrogen and oxygen atoms in total. The fourth-order valence-electron chi connectivity index (χ4n) is 4.46. The van der Waals surface area contributed by atoms with Gasteiger partial charge in [-0.2, -0.15) is 0 Å². The van der Waals surface area contributed by atoms with E-state index in [1.165, 1.54) is 18.2 Å². The number of nitrogens with one attached hydrogen (secondary N) is 1. The average molecular weight is 439 g/mol. The molecule has 0 atom stereocenters. The molecule has 5 rings (SSSR count). The molecule has 0 radical (unpaired) electrons. The molecule has 164 valence electrons. The minimum absolute atomic E-state index is 0.0308. The molecule has 1 aliphatic heterocycles. The summed E-state index contributed by atoms with van der Waals surface area (Å²) in [5.41, 5.74) is 0.687. The van der Waals surface area contributed by atoms with Crippen LogP contribution in [-0.2, 0) is 6.54 Å². The third kappa shape index (κ3) is 3.56. The van der Waals surface area contributed by atoms with Gasteiger partial charge >= 0.3 is 0 Å². The van der Waals surface area contributed by atoms with Crippen LogP contribution in [0.1, 0.15) is 24.2 Å². The van der Waals surface area contributed by atoms with Gasteiger partial charge in [-0.3, -0.25) is 4.90 Å². The van der Waals surface area contributed by atoms with Crippen LogP contribution in [0.5, 0.6) is 0 Å². The maximum Gasteiger partial charge on any atom is 0.170 e. The normalized spacial score (nSPS) is 14.5. The first-order valence-electron chi connectivity index (χ1n) is 10.6. The van der Waals surface area contributed by atoms with Gasteiger partial charge in [0.2, 0.25) is 0 Å². The van der Waals surface area contributed by atoms with Crippen LogP contribution >= 0.6 is 0 Å². The third-order valence-electron chi connectivity index (χ3n) is 5.97. The summed E-state index contributed by atoms with van der Waals surface area (Å²) in [4.78, 5) is 9.43. The molecule has 1 aromatic heterocycles. The first kappa shape index (κ1) is 20.7. The first-order valence-corrected chi connectivity index (χ1v) is 10.6. The molecule has 4 aromatic rings. The molecule has 0 spiro atoms. The van der Waals surface area contributed by atoms with Gasteiger partial charge in [-0.05, 0) is 67.7 Å². The molecule has 2 heterocycles. The van der Waals surface area contributed by atoms with Crippen LogP contribution in [0.2, 0.25) is 0 Å². The van der Waals surface area contributed by atoms with E-state index in [-0.39, 0.29) is 11.1 Å². The number of benzene rings is 3. The number of aromatic nitrogens is 2. The monoisotopic (exact) mass is 439 g/mol. The fourth-order valence-corrected chi connectivity index (χ4v) is 4.46. The third-order valence-corrected chi connectivity index (χ3v) is 5.97. The predicted molar refractivity (Wildman–Crippen MR) is 116 cm³/mol. The Kier molecular flexibility index (Phi) is 5.21. The summed E-state index contributed by atoms with van der Waals surface area (Å²) in [5, 5.41) is 0. The summed E-state index contributed by atoms with van der Waals surface area (Å²) < 4.78 is 60.4. The summed E-state index contributed by atoms with van der Waals surface area (Å²) >= 11 is 0. The summed E-state index contributed by atoms with van der Waals surface area (Å²) in [6.45, 7) is 4.30. The van der Waals surface area contributed by atoms with E-state index in [0.29, 0.717) is 23.4 Å². The second kappa shape index (κ2) is 8.06. The van der Waals surface area contributed by atoms with Gasteiger partial charge in [0.25, 0.3) is 0 Å². The number of H-pyrrole nitrogens is 1. The highest BCUT2D eigenvalue weighted by Gasteiger charge is 2.27. The van der Waals surface area contributed by atoms with Crippen molar-refractivity contribution in [3.63, 3.8) is 0 Å². The Hall–Kier alpha value is -3.19. The summed E-state index contributed by atoms with van der Waals surface area (Å²) in [6, 6.07) is 11.0. The van der Waals surface area contributed by atoms with Crippen molar-refractivity contribution in [1.29, 1.82) is 0 Å². The van der Waals surface area contributed by atoms with Crippen LogP contribution in [0, 0.1) is 30.2 Å². The van der Waals surface area contributed by atoms with E-state index < -0.39 is 34.4 Å². The lowest BCUT2D eigenvalue weighted by molar-refractivity contribution is 0.331. The largest absolute Gasteiger partial charge is 0.342 e. The highest BCUT2D eigenvalue weighted by Crippen LogP contribution is 2.37. The molecule has 0 unspecified atom stereocenters. The molecular weight excluding hydrogens is 418 g/mol. The number of imidazole rings is 1. The van der Waals surface area contributed by atoms with Gasteiger partial charge in [0.1, 0.15) is 5.82 Å². The van der Waals surface area contributed by atoms with Crippen molar-refractivity contribution in [2.45, 2.75) is 26.3 Å². The number of fused-ring (bicyclic) bond motifs is 1. The highest BCUT2D eigenvalue weighted by molar-refractivity contribution is 5.83. The molecule has 3 aromatic carbocycles. The molecule has 0 amide bonds. The Morgan fingerprint density at radius 2 is 1.47 bits per heavy atom. The van der Waals surface area contributed by atoms with Crippen LogP contribution < -0.4 is 0 Å². The van der Waals surface area contributed by atoms with E-state index in [9.17, 15) is 0 Å². The van der Waals surface area contributed by atoms with Gasteiger partial charge in [-0.15, -0.1) is 0 Å². The van der Waals surface area contributed by atoms with Crippen LogP contribution in [0.15, 0.2) is 42.5 Å². The number of nitrogens with zero attached hydrogens (tertiary/aromatic N) is 2. The van der Waals surface area contributed by atoms with Gasteiger partial charge in [-0.1, -0.05) is 24.3 Å². The van der Waals surface area contributed by atoms with Gasteiger partial charge in [-0.25, -0.2) is 22.5 Å². The Labute approximate surface area is 182 Å². The van der Waals surface area contributed by atoms with Crippen molar-refractivity contribution in [3.8, 4) is 22.3 Å². The van der Waals surface area contributed by atoms with Gasteiger partial charge in [0.15, 0.2) is 23.3 Å². The molecule has 0 aliphatic carbocycles. The van der Waals surface area contributed by atoms with Crippen molar-refractivity contribution < 1.29 is 17.6 Å². The zero-order valence-corrected chi connectivity index (χ0v) is 17.5. The van der Waals surface area contributed by atoms with E-state index in [0.717, 1.165) is 31.5 Å². The molecule has 0 bridgehead atoms. The SMILES string of the molecule is Cc1nc2ccc(-c3c(F)c(F)c(-c4cccc(CN5CCCC5)c4)c(F)c3F)cc2[nH]1. The van der Waals surface area contributed by atoms with E-state index >= 15 is 17.6 Å². The maximum absolute atomic E-state index is 15.1. The van der Waals surface area contributed by atoms with Crippen molar-refractivity contribution in [2.24, 2.45) is 0 Å². The summed E-state index contributed by atoms with van der Waals surface area (Å²) in [6.07, 6.45) is 2.23. The second-order valence-corrected chi connectivity index (χ2v) is 8.24. The fraction of sp³-hybridized carbons (Fsp3) is 0.240. The molecule has 0 saturated carbocycles. The summed E-state index contributed by atoms with van der Waals surface area (Å²) in [5.74, 6) is -5.02. The standard InChI is InChI=1S/C25H21F4N3/c1-14-30-18-8-7-17(12-19(18)31-14)21-24(28)22(26)20(23(27)25(21)29)16-6-4-5-15(11-16)13-32-9-2-3-10-32/h4-8,11-12H,2-3,9-10,13H2,1H3,(H,30,31). The quantitative estimate of drug-likeness (QED) is 0.297. The molecule has 1 N–H and O–H groups in total. The minimum Gasteiger partial charge on any atom is -0.342 e. The summed E-state index contributed by atoms with van der Waals surface area (Å²) in [7, 11) is 0. The molecule has 1 saturated heterocycles. The Bertz CT molecular complexity index is 1290. The van der Waals surface area contributed by atoms with Crippen LogP contribution in [-0.4, -0.2) is 28.0 Å². The Balaban J connectivity index is 1.59. The Morgan fingerprint density at radius 3 is 2.12 bits per heavy atom. The number of likely N-dealkylation sites (tertiary alicyclic amines) is 1. The number of aryl methyl sites for hydroxylation is 1. The van der Waals surface area contributed by atoms with Gasteiger partial charge in [0, 0.05) is 6.54 Å². The molecule has 1 aliphatic rings. The number of rotatable bonds is 4. The number of aromatic amines is 1. The lowest BCUT2D eigenvalue weighted by atomic mass is 9.96. The second-order valence-electron chi connectivity index (χ2n) is 8.24. The number of hydrogen-bond acceptors (Lipinski definition) is 2. The molecular formula is C25H21F4N3. The van der Waals surface area contributed by atoms with Crippen molar-refractivity contribution in [1.82, 2.24) is 14.9 Å². The number of hydrogen-bond donors (Lipinski definition) is 1. The van der Waals surface area contributed by atoms with Crippen LogP contribution in [0.4, 0.5) is 17.6 Å². The maximum atomic E-state index is 15.1. The smallest absolute Gasteiger partial charge is 0.170 e. The van der Waals surface area contributed by atoms with E-state index in [2.05, 4.69) is 14.9 Å². The number of halogens is 4. The zero-order valence-electron chi connectivity index (χ0n) is 17.5. The van der Waals surface area contributed by atoms with E-state index in [1.54, 1.807) is 25.1 Å². The molecule has 32 heavy (non-hydrogen) atoms. The van der Waals surface area contributed by atoms with Crippen LogP contribution in [0.25, 0.3) is 33.3 Å². The highest BCUT2D eigenvalue weighted by atomic mass is 19.2. The lowest BCUT2D eigenvalue weighted by Gasteiger charge is -2.16. The minimum atomic E-state index is -1.42. The lowest BCUT2D eigenvalue weighted by Crippen LogP contribution is -2.18. The van der Waals surface area contributed by atoms with Gasteiger partial charge in [0.05, 0.1) is 22.2 Å². The molecule has 1 fully saturated rings. The first-order chi connectivity index (χ1) is 15.4. The van der Waals surface area contributed by atoms with E-state index in [4.69, 9.17) is 0 Å². The Morgan fingerprint density at radius 1 is 0.844 bits per heavy atom. The topological polar surface area (TPSA) is 31.9 Å². The average Bonchev–Trinajstić information content (AvgIpc) is 3.41. The van der Waals surface area contributed by atoms with Crippen molar-refractivity contribution >= 4 is 11.0 Å². The van der Waals surface area contributed by atoms with Crippen molar-refractivity contribution in [3.05, 3.63) is 77.1 Å². The van der Waals surface area contributed by atoms with Crippen LogP contribution in [0.3, 0.4) is 0 Å². The predicted octanol–water partition coefficient (Wildman–Crippen LogP) is 6.36. The molecule has 7 heteroatoms.